The Morgan fingerprint density at radius 3 is 2.77 bits per heavy atom. The molecule has 168 valence electrons. The van der Waals surface area contributed by atoms with E-state index in [2.05, 4.69) is 17.4 Å². The van der Waals surface area contributed by atoms with Crippen molar-refractivity contribution in [1.29, 1.82) is 0 Å². The second-order valence-corrected chi connectivity index (χ2v) is 11.5. The largest absolute Gasteiger partial charge is 0.457 e. The van der Waals surface area contributed by atoms with Crippen LogP contribution < -0.4 is 0 Å². The highest BCUT2D eigenvalue weighted by molar-refractivity contribution is 7.48. The zero-order chi connectivity index (χ0) is 22.8. The Balaban J connectivity index is 1.67. The van der Waals surface area contributed by atoms with Crippen LogP contribution in [0.5, 0.6) is 0 Å². The van der Waals surface area contributed by atoms with Crippen LogP contribution in [0.2, 0.25) is 0 Å². The minimum absolute atomic E-state index is 0.0267. The van der Waals surface area contributed by atoms with Crippen LogP contribution in [0, 0.1) is 28.6 Å². The smallest absolute Gasteiger partial charge is 0.381 e. The molecule has 0 radical (unpaired) electrons. The second-order valence-electron chi connectivity index (χ2n) is 9.89. The molecule has 9 heteroatoms. The Hall–Kier alpha value is -1.31. The topological polar surface area (TPSA) is 110 Å². The monoisotopic (exact) mass is 448 g/mol. The summed E-state index contributed by atoms with van der Waals surface area (Å²) in [6, 6.07) is 0. The lowest BCUT2D eigenvalue weighted by molar-refractivity contribution is -0.161. The number of allylic oxidation sites excluding steroid dienone is 6. The summed E-state index contributed by atoms with van der Waals surface area (Å²) in [5, 5.41) is 11.7. The van der Waals surface area contributed by atoms with E-state index in [1.807, 2.05) is 19.9 Å². The van der Waals surface area contributed by atoms with Crippen LogP contribution in [0.25, 0.3) is 0 Å². The van der Waals surface area contributed by atoms with Gasteiger partial charge in [0.05, 0.1) is 0 Å². The van der Waals surface area contributed by atoms with Crippen molar-refractivity contribution in [3.05, 3.63) is 35.5 Å². The number of aliphatic hydroxyl groups is 1. The van der Waals surface area contributed by atoms with E-state index in [4.69, 9.17) is 4.52 Å². The van der Waals surface area contributed by atoms with Crippen LogP contribution >= 0.6 is 7.82 Å². The van der Waals surface area contributed by atoms with Gasteiger partial charge < -0.3 is 14.4 Å². The molecular weight excluding hydrogens is 418 g/mol. The van der Waals surface area contributed by atoms with Crippen LogP contribution in [0.15, 0.2) is 35.5 Å². The standard InChI is InChI=1S/C22H30BO7P/c1-13-10-18-16-5-4-14-11-15(24)6-8-20(14,2)17(16)7-9-21(18,3)22(13,26)19(25)12-29-31(27,28)30-23/h6-8,11,13,16,18,26H,4-5,9-10,12,23H2,1-3H3,(H,27,28)/t13-,16?,18?,20-,21-,22-/m0/s1. The van der Waals surface area contributed by atoms with E-state index in [0.717, 1.165) is 26.5 Å². The molecule has 0 bridgehead atoms. The molecule has 3 unspecified atom stereocenters. The van der Waals surface area contributed by atoms with Gasteiger partial charge in [-0.15, -0.1) is 0 Å². The molecule has 0 amide bonds. The minimum Gasteiger partial charge on any atom is -0.381 e. The third-order valence-corrected chi connectivity index (χ3v) is 9.46. The fourth-order valence-electron chi connectivity index (χ4n) is 6.76. The van der Waals surface area contributed by atoms with Gasteiger partial charge in [-0.2, -0.15) is 0 Å². The van der Waals surface area contributed by atoms with Crippen molar-refractivity contribution < 1.29 is 33.1 Å². The predicted molar refractivity (Wildman–Crippen MR) is 117 cm³/mol. The maximum Gasteiger partial charge on any atom is 0.457 e. The van der Waals surface area contributed by atoms with Crippen LogP contribution in [-0.2, 0) is 23.1 Å². The molecule has 7 nitrogen and oxygen atoms in total. The number of ketones is 2. The van der Waals surface area contributed by atoms with Gasteiger partial charge >= 0.3 is 7.82 Å². The quantitative estimate of drug-likeness (QED) is 0.378. The lowest BCUT2D eigenvalue weighted by Crippen LogP contribution is -2.57. The Bertz CT molecular complexity index is 971. The summed E-state index contributed by atoms with van der Waals surface area (Å²) in [5.41, 5.74) is -0.259. The molecule has 2 N–H and O–H groups in total. The van der Waals surface area contributed by atoms with Crippen molar-refractivity contribution in [1.82, 2.24) is 0 Å². The van der Waals surface area contributed by atoms with Crippen LogP contribution in [0.4, 0.5) is 0 Å². The molecule has 7 atom stereocenters. The summed E-state index contributed by atoms with van der Waals surface area (Å²) in [5.74, 6) is -0.589. The lowest BCUT2D eigenvalue weighted by Gasteiger charge is -2.53. The second kappa shape index (κ2) is 7.36. The van der Waals surface area contributed by atoms with E-state index in [0.29, 0.717) is 12.8 Å². The maximum atomic E-state index is 13.1. The first-order chi connectivity index (χ1) is 14.4. The lowest BCUT2D eigenvalue weighted by atomic mass is 9.51. The van der Waals surface area contributed by atoms with Gasteiger partial charge in [-0.25, -0.2) is 4.57 Å². The van der Waals surface area contributed by atoms with Crippen LogP contribution in [0.1, 0.15) is 46.5 Å². The molecule has 0 aromatic carbocycles. The molecule has 4 rings (SSSR count). The van der Waals surface area contributed by atoms with Crippen molar-refractivity contribution >= 4 is 27.4 Å². The number of carbonyl (C=O) groups is 2. The van der Waals surface area contributed by atoms with E-state index >= 15 is 0 Å². The van der Waals surface area contributed by atoms with E-state index in [1.165, 1.54) is 5.57 Å². The molecule has 0 aromatic heterocycles. The zero-order valence-corrected chi connectivity index (χ0v) is 19.4. The highest BCUT2D eigenvalue weighted by atomic mass is 31.2. The molecule has 0 saturated heterocycles. The van der Waals surface area contributed by atoms with Gasteiger partial charge in [0.25, 0.3) is 8.05 Å². The van der Waals surface area contributed by atoms with Crippen molar-refractivity contribution in [2.45, 2.75) is 52.1 Å². The Kier molecular flexibility index (Phi) is 5.43. The van der Waals surface area contributed by atoms with Gasteiger partial charge in [-0.05, 0) is 62.5 Å². The van der Waals surface area contributed by atoms with Crippen LogP contribution in [-0.4, -0.2) is 41.8 Å². The molecule has 2 saturated carbocycles. The number of carbonyl (C=O) groups excluding carboxylic acids is 2. The number of rotatable bonds is 5. The van der Waals surface area contributed by atoms with E-state index < -0.39 is 31.2 Å². The van der Waals surface area contributed by atoms with E-state index in [1.54, 1.807) is 12.2 Å². The summed E-state index contributed by atoms with van der Waals surface area (Å²) < 4.78 is 20.9. The molecule has 0 aromatic rings. The van der Waals surface area contributed by atoms with Crippen molar-refractivity contribution in [3.63, 3.8) is 0 Å². The molecule has 0 aliphatic heterocycles. The van der Waals surface area contributed by atoms with Gasteiger partial charge in [-0.1, -0.05) is 37.1 Å². The van der Waals surface area contributed by atoms with Crippen molar-refractivity contribution in [3.8, 4) is 0 Å². The summed E-state index contributed by atoms with van der Waals surface area (Å²) >= 11 is 0. The third kappa shape index (κ3) is 3.22. The number of hydrogen-bond acceptors (Lipinski definition) is 6. The molecular formula is C22H30BO7P. The Labute approximate surface area is 183 Å². The average Bonchev–Trinajstić information content (AvgIpc) is 2.94. The van der Waals surface area contributed by atoms with Crippen molar-refractivity contribution in [2.75, 3.05) is 6.61 Å². The number of fused-ring (bicyclic) bond motifs is 5. The molecule has 2 fully saturated rings. The fraction of sp³-hybridized carbons (Fsp3) is 0.636. The van der Waals surface area contributed by atoms with Gasteiger partial charge in [0, 0.05) is 10.8 Å². The first-order valence-corrected chi connectivity index (χ1v) is 12.3. The summed E-state index contributed by atoms with van der Waals surface area (Å²) in [7, 11) is -3.28. The number of phosphoric acid groups is 1. The van der Waals surface area contributed by atoms with Gasteiger partial charge in [0.2, 0.25) is 0 Å². The number of Topliss-reactive ketones (excluding diaryl/α,β-unsaturated/α-hetero) is 1. The zero-order valence-electron chi connectivity index (χ0n) is 18.5. The molecule has 31 heavy (non-hydrogen) atoms. The maximum absolute atomic E-state index is 13.1. The third-order valence-electron chi connectivity index (χ3n) is 8.54. The van der Waals surface area contributed by atoms with Gasteiger partial charge in [-0.3, -0.25) is 14.1 Å². The Morgan fingerprint density at radius 2 is 2.10 bits per heavy atom. The number of phosphoric ester groups is 1. The predicted octanol–water partition coefficient (Wildman–Crippen LogP) is 2.44. The highest BCUT2D eigenvalue weighted by Crippen LogP contribution is 2.66. The molecule has 0 spiro atoms. The Morgan fingerprint density at radius 1 is 1.39 bits per heavy atom. The number of hydrogen-bond donors (Lipinski definition) is 2. The fourth-order valence-corrected chi connectivity index (χ4v) is 7.15. The molecule has 4 aliphatic carbocycles. The molecule has 0 heterocycles. The average molecular weight is 448 g/mol. The molecule has 4 aliphatic rings. The first kappa shape index (κ1) is 22.9. The first-order valence-electron chi connectivity index (χ1n) is 10.8. The van der Waals surface area contributed by atoms with Crippen molar-refractivity contribution in [2.24, 2.45) is 28.6 Å². The normalized spacial score (nSPS) is 43.3. The van der Waals surface area contributed by atoms with E-state index in [-0.39, 0.29) is 29.0 Å². The summed E-state index contributed by atoms with van der Waals surface area (Å²) in [6.45, 7) is 5.29. The van der Waals surface area contributed by atoms with E-state index in [9.17, 15) is 24.2 Å². The van der Waals surface area contributed by atoms with Gasteiger partial charge in [0.1, 0.15) is 12.2 Å². The SMILES string of the molecule is BOP(=O)(O)OCC(=O)[C@@]1(O)[C@@H](C)CC2C3CCC4=CC(=O)C=C[C@]4(C)C3=CC[C@@]21C. The highest BCUT2D eigenvalue weighted by Gasteiger charge is 2.67. The van der Waals surface area contributed by atoms with Gasteiger partial charge in [0.15, 0.2) is 11.6 Å². The van der Waals surface area contributed by atoms with Crippen LogP contribution in [0.3, 0.4) is 0 Å². The minimum atomic E-state index is -4.31. The summed E-state index contributed by atoms with van der Waals surface area (Å²) in [6.07, 6.45) is 10.4. The summed E-state index contributed by atoms with van der Waals surface area (Å²) in [4.78, 5) is 34.6.